The lowest BCUT2D eigenvalue weighted by Crippen LogP contribution is -1.83. The number of rotatable bonds is 1. The van der Waals surface area contributed by atoms with Crippen molar-refractivity contribution in [2.45, 2.75) is 13.8 Å². The molecule has 86 valence electrons. The molecule has 0 spiro atoms. The fourth-order valence-electron chi connectivity index (χ4n) is 1.84. The van der Waals surface area contributed by atoms with Gasteiger partial charge in [0.25, 0.3) is 0 Å². The average molecular weight is 229 g/mol. The SMILES string of the molecule is Cc1noc(C)c1-c1nc2cc(N)ccc2o1. The van der Waals surface area contributed by atoms with Crippen molar-refractivity contribution in [3.8, 4) is 11.5 Å². The number of anilines is 1. The summed E-state index contributed by atoms with van der Waals surface area (Å²) in [5, 5.41) is 3.88. The largest absolute Gasteiger partial charge is 0.436 e. The lowest BCUT2D eigenvalue weighted by molar-refractivity contribution is 0.393. The number of nitrogens with zero attached hydrogens (tertiary/aromatic N) is 2. The van der Waals surface area contributed by atoms with Crippen LogP contribution in [-0.4, -0.2) is 10.1 Å². The van der Waals surface area contributed by atoms with E-state index in [0.29, 0.717) is 22.9 Å². The summed E-state index contributed by atoms with van der Waals surface area (Å²) in [6.45, 7) is 3.69. The van der Waals surface area contributed by atoms with Gasteiger partial charge in [0.2, 0.25) is 5.89 Å². The van der Waals surface area contributed by atoms with Gasteiger partial charge >= 0.3 is 0 Å². The van der Waals surface area contributed by atoms with Crippen LogP contribution < -0.4 is 5.73 Å². The van der Waals surface area contributed by atoms with Crippen LogP contribution in [0.5, 0.6) is 0 Å². The maximum atomic E-state index is 5.70. The molecule has 0 amide bonds. The second kappa shape index (κ2) is 3.35. The van der Waals surface area contributed by atoms with Gasteiger partial charge in [0.1, 0.15) is 16.8 Å². The fraction of sp³-hybridized carbons (Fsp3) is 0.167. The molecule has 0 aliphatic heterocycles. The summed E-state index contributed by atoms with van der Waals surface area (Å²) in [4.78, 5) is 4.39. The van der Waals surface area contributed by atoms with E-state index in [9.17, 15) is 0 Å². The quantitative estimate of drug-likeness (QED) is 0.649. The first kappa shape index (κ1) is 9.89. The van der Waals surface area contributed by atoms with E-state index < -0.39 is 0 Å². The van der Waals surface area contributed by atoms with Crippen LogP contribution >= 0.6 is 0 Å². The Hall–Kier alpha value is -2.30. The van der Waals surface area contributed by atoms with E-state index in [-0.39, 0.29) is 0 Å². The molecule has 2 aromatic heterocycles. The van der Waals surface area contributed by atoms with Crippen molar-refractivity contribution in [3.05, 3.63) is 29.7 Å². The Morgan fingerprint density at radius 1 is 1.24 bits per heavy atom. The second-order valence-corrected chi connectivity index (χ2v) is 3.95. The highest BCUT2D eigenvalue weighted by atomic mass is 16.5. The minimum Gasteiger partial charge on any atom is -0.436 e. The van der Waals surface area contributed by atoms with E-state index in [1.54, 1.807) is 18.2 Å². The topological polar surface area (TPSA) is 78.1 Å². The highest BCUT2D eigenvalue weighted by Gasteiger charge is 2.17. The van der Waals surface area contributed by atoms with E-state index in [4.69, 9.17) is 14.7 Å². The van der Waals surface area contributed by atoms with Crippen LogP contribution in [0.25, 0.3) is 22.6 Å². The molecule has 17 heavy (non-hydrogen) atoms. The number of aryl methyl sites for hydroxylation is 2. The summed E-state index contributed by atoms with van der Waals surface area (Å²) in [7, 11) is 0. The van der Waals surface area contributed by atoms with E-state index in [1.165, 1.54) is 0 Å². The molecule has 3 rings (SSSR count). The van der Waals surface area contributed by atoms with Crippen LogP contribution in [0, 0.1) is 13.8 Å². The first-order valence-corrected chi connectivity index (χ1v) is 5.24. The molecule has 0 saturated heterocycles. The molecule has 0 aliphatic rings. The van der Waals surface area contributed by atoms with Gasteiger partial charge in [-0.1, -0.05) is 5.16 Å². The zero-order chi connectivity index (χ0) is 12.0. The molecular weight excluding hydrogens is 218 g/mol. The molecule has 0 unspecified atom stereocenters. The standard InChI is InChI=1S/C12H11N3O2/c1-6-11(7(2)17-15-6)12-14-9-5-8(13)3-4-10(9)16-12/h3-5H,13H2,1-2H3. The van der Waals surface area contributed by atoms with Gasteiger partial charge < -0.3 is 14.7 Å². The minimum absolute atomic E-state index is 0.516. The number of oxazole rings is 1. The van der Waals surface area contributed by atoms with E-state index in [2.05, 4.69) is 10.1 Å². The molecule has 2 N–H and O–H groups in total. The van der Waals surface area contributed by atoms with Crippen LogP contribution in [0.3, 0.4) is 0 Å². The van der Waals surface area contributed by atoms with Gasteiger partial charge in [-0.05, 0) is 32.0 Å². The molecule has 0 atom stereocenters. The third-order valence-electron chi connectivity index (χ3n) is 2.66. The van der Waals surface area contributed by atoms with Crippen LogP contribution in [-0.2, 0) is 0 Å². The Kier molecular flexibility index (Phi) is 1.95. The van der Waals surface area contributed by atoms with Crippen molar-refractivity contribution < 1.29 is 8.94 Å². The summed E-state index contributed by atoms with van der Waals surface area (Å²) in [5.41, 5.74) is 9.37. The molecule has 0 saturated carbocycles. The Morgan fingerprint density at radius 2 is 2.06 bits per heavy atom. The molecular formula is C12H11N3O2. The molecule has 3 aromatic rings. The zero-order valence-electron chi connectivity index (χ0n) is 9.52. The summed E-state index contributed by atoms with van der Waals surface area (Å²) in [6, 6.07) is 5.37. The Morgan fingerprint density at radius 3 is 2.76 bits per heavy atom. The smallest absolute Gasteiger partial charge is 0.232 e. The third-order valence-corrected chi connectivity index (χ3v) is 2.66. The normalized spacial score (nSPS) is 11.2. The van der Waals surface area contributed by atoms with Gasteiger partial charge in [-0.3, -0.25) is 0 Å². The number of hydrogen-bond acceptors (Lipinski definition) is 5. The highest BCUT2D eigenvalue weighted by Crippen LogP contribution is 2.29. The fourth-order valence-corrected chi connectivity index (χ4v) is 1.84. The van der Waals surface area contributed by atoms with Crippen LogP contribution in [0.2, 0.25) is 0 Å². The summed E-state index contributed by atoms with van der Waals surface area (Å²) in [6.07, 6.45) is 0. The van der Waals surface area contributed by atoms with Crippen molar-refractivity contribution in [1.29, 1.82) is 0 Å². The molecule has 1 aromatic carbocycles. The van der Waals surface area contributed by atoms with Crippen molar-refractivity contribution in [2.24, 2.45) is 0 Å². The summed E-state index contributed by atoms with van der Waals surface area (Å²) in [5.74, 6) is 1.21. The van der Waals surface area contributed by atoms with Crippen LogP contribution in [0.4, 0.5) is 5.69 Å². The molecule has 0 radical (unpaired) electrons. The highest BCUT2D eigenvalue weighted by molar-refractivity contribution is 5.79. The first-order chi connectivity index (χ1) is 8.15. The van der Waals surface area contributed by atoms with Gasteiger partial charge in [-0.15, -0.1) is 0 Å². The lowest BCUT2D eigenvalue weighted by atomic mass is 10.2. The number of nitrogen functional groups attached to an aromatic ring is 1. The summed E-state index contributed by atoms with van der Waals surface area (Å²) < 4.78 is 10.8. The van der Waals surface area contributed by atoms with Crippen LogP contribution in [0.1, 0.15) is 11.5 Å². The number of fused-ring (bicyclic) bond motifs is 1. The predicted molar refractivity (Wildman–Crippen MR) is 63.4 cm³/mol. The predicted octanol–water partition coefficient (Wildman–Crippen LogP) is 2.68. The Labute approximate surface area is 97.2 Å². The minimum atomic E-state index is 0.516. The Balaban J connectivity index is 2.25. The zero-order valence-corrected chi connectivity index (χ0v) is 9.52. The van der Waals surface area contributed by atoms with Crippen molar-refractivity contribution in [3.63, 3.8) is 0 Å². The van der Waals surface area contributed by atoms with Gasteiger partial charge in [-0.2, -0.15) is 0 Å². The summed E-state index contributed by atoms with van der Waals surface area (Å²) >= 11 is 0. The van der Waals surface area contributed by atoms with Gasteiger partial charge in [0.15, 0.2) is 5.58 Å². The van der Waals surface area contributed by atoms with Crippen molar-refractivity contribution >= 4 is 16.8 Å². The lowest BCUT2D eigenvalue weighted by Gasteiger charge is -1.90. The molecule has 0 aliphatic carbocycles. The average Bonchev–Trinajstić information content (AvgIpc) is 2.81. The molecule has 0 fully saturated rings. The van der Waals surface area contributed by atoms with E-state index in [1.807, 2.05) is 13.8 Å². The number of nitrogens with two attached hydrogens (primary N) is 1. The Bertz CT molecular complexity index is 677. The van der Waals surface area contributed by atoms with Crippen LogP contribution in [0.15, 0.2) is 27.1 Å². The molecule has 0 bridgehead atoms. The molecule has 5 heteroatoms. The van der Waals surface area contributed by atoms with Gasteiger partial charge in [0, 0.05) is 5.69 Å². The number of hydrogen-bond donors (Lipinski definition) is 1. The maximum absolute atomic E-state index is 5.70. The van der Waals surface area contributed by atoms with E-state index in [0.717, 1.165) is 16.8 Å². The maximum Gasteiger partial charge on any atom is 0.232 e. The first-order valence-electron chi connectivity index (χ1n) is 5.24. The monoisotopic (exact) mass is 229 g/mol. The second-order valence-electron chi connectivity index (χ2n) is 3.95. The van der Waals surface area contributed by atoms with Gasteiger partial charge in [-0.25, -0.2) is 4.98 Å². The third kappa shape index (κ3) is 1.47. The van der Waals surface area contributed by atoms with Crippen molar-refractivity contribution in [1.82, 2.24) is 10.1 Å². The number of aromatic nitrogens is 2. The molecule has 2 heterocycles. The van der Waals surface area contributed by atoms with E-state index >= 15 is 0 Å². The number of benzene rings is 1. The van der Waals surface area contributed by atoms with Crippen molar-refractivity contribution in [2.75, 3.05) is 5.73 Å². The van der Waals surface area contributed by atoms with Gasteiger partial charge in [0.05, 0.1) is 5.69 Å². The molecule has 5 nitrogen and oxygen atoms in total.